The van der Waals surface area contributed by atoms with E-state index in [-0.39, 0.29) is 5.91 Å². The lowest BCUT2D eigenvalue weighted by Gasteiger charge is -2.06. The molecule has 2 rings (SSSR count). The van der Waals surface area contributed by atoms with Crippen molar-refractivity contribution in [1.82, 2.24) is 9.97 Å². The Labute approximate surface area is 105 Å². The van der Waals surface area contributed by atoms with Crippen molar-refractivity contribution in [2.24, 2.45) is 0 Å². The average molecular weight is 242 g/mol. The first kappa shape index (κ1) is 12.0. The number of carbonyl (C=O) groups is 1. The van der Waals surface area contributed by atoms with Crippen LogP contribution in [0.3, 0.4) is 0 Å². The Morgan fingerprint density at radius 2 is 2.06 bits per heavy atom. The predicted molar refractivity (Wildman–Crippen MR) is 70.7 cm³/mol. The first-order valence-corrected chi connectivity index (χ1v) is 5.57. The monoisotopic (exact) mass is 242 g/mol. The Hall–Kier alpha value is -2.43. The van der Waals surface area contributed by atoms with Crippen molar-refractivity contribution in [3.05, 3.63) is 47.9 Å². The summed E-state index contributed by atoms with van der Waals surface area (Å²) >= 11 is 0. The third kappa shape index (κ3) is 2.82. The van der Waals surface area contributed by atoms with E-state index in [0.29, 0.717) is 5.56 Å². The van der Waals surface area contributed by atoms with Gasteiger partial charge in [-0.1, -0.05) is 0 Å². The summed E-state index contributed by atoms with van der Waals surface area (Å²) < 4.78 is 0. The van der Waals surface area contributed by atoms with Crippen molar-refractivity contribution >= 4 is 17.4 Å². The molecule has 0 radical (unpaired) electrons. The first-order valence-electron chi connectivity index (χ1n) is 5.57. The maximum atomic E-state index is 11.9. The molecule has 2 aromatic heterocycles. The molecule has 0 bridgehead atoms. The zero-order chi connectivity index (χ0) is 13.0. The molecule has 0 unspecified atom stereocenters. The second-order valence-corrected chi connectivity index (χ2v) is 3.82. The van der Waals surface area contributed by atoms with Crippen LogP contribution in [0.2, 0.25) is 0 Å². The number of hydrogen-bond acceptors (Lipinski definition) is 4. The Balaban J connectivity index is 2.11. The number of aromatic nitrogens is 2. The minimum atomic E-state index is -0.184. The molecule has 0 saturated heterocycles. The van der Waals surface area contributed by atoms with E-state index in [9.17, 15) is 4.79 Å². The summed E-state index contributed by atoms with van der Waals surface area (Å²) in [5.74, 6) is 0.544. The SMILES string of the molecule is CNc1ccc(C(=O)Nc2ccnc(C)c2)cn1. The van der Waals surface area contributed by atoms with Gasteiger partial charge in [0.25, 0.3) is 5.91 Å². The van der Waals surface area contributed by atoms with Gasteiger partial charge in [-0.3, -0.25) is 9.78 Å². The van der Waals surface area contributed by atoms with Crippen molar-refractivity contribution in [1.29, 1.82) is 0 Å². The lowest BCUT2D eigenvalue weighted by Crippen LogP contribution is -2.12. The van der Waals surface area contributed by atoms with Gasteiger partial charge >= 0.3 is 0 Å². The molecule has 0 aliphatic carbocycles. The lowest BCUT2D eigenvalue weighted by molar-refractivity contribution is 0.102. The van der Waals surface area contributed by atoms with Crippen LogP contribution in [0, 0.1) is 6.92 Å². The molecule has 0 saturated carbocycles. The molecule has 18 heavy (non-hydrogen) atoms. The van der Waals surface area contributed by atoms with Gasteiger partial charge in [0, 0.05) is 30.8 Å². The summed E-state index contributed by atoms with van der Waals surface area (Å²) in [5.41, 5.74) is 2.10. The highest BCUT2D eigenvalue weighted by Gasteiger charge is 2.06. The van der Waals surface area contributed by atoms with Gasteiger partial charge in [0.15, 0.2) is 0 Å². The molecular formula is C13H14N4O. The Bertz CT molecular complexity index is 551. The number of nitrogens with one attached hydrogen (secondary N) is 2. The zero-order valence-corrected chi connectivity index (χ0v) is 10.3. The van der Waals surface area contributed by atoms with E-state index in [4.69, 9.17) is 0 Å². The number of rotatable bonds is 3. The number of nitrogens with zero attached hydrogens (tertiary/aromatic N) is 2. The van der Waals surface area contributed by atoms with Crippen LogP contribution in [0.4, 0.5) is 11.5 Å². The van der Waals surface area contributed by atoms with Crippen LogP contribution in [0.5, 0.6) is 0 Å². The summed E-state index contributed by atoms with van der Waals surface area (Å²) in [6, 6.07) is 7.04. The van der Waals surface area contributed by atoms with Crippen LogP contribution in [0.25, 0.3) is 0 Å². The number of anilines is 2. The van der Waals surface area contributed by atoms with E-state index in [1.165, 1.54) is 6.20 Å². The number of hydrogen-bond donors (Lipinski definition) is 2. The van der Waals surface area contributed by atoms with E-state index in [0.717, 1.165) is 17.2 Å². The molecule has 5 heteroatoms. The van der Waals surface area contributed by atoms with E-state index in [1.54, 1.807) is 31.4 Å². The van der Waals surface area contributed by atoms with Gasteiger partial charge < -0.3 is 10.6 Å². The van der Waals surface area contributed by atoms with Crippen LogP contribution in [0.1, 0.15) is 16.1 Å². The van der Waals surface area contributed by atoms with Gasteiger partial charge in [0.05, 0.1) is 5.56 Å². The minimum Gasteiger partial charge on any atom is -0.373 e. The quantitative estimate of drug-likeness (QED) is 0.864. The average Bonchev–Trinajstić information content (AvgIpc) is 2.39. The Kier molecular flexibility index (Phi) is 3.52. The number of amides is 1. The van der Waals surface area contributed by atoms with Crippen LogP contribution in [-0.2, 0) is 0 Å². The van der Waals surface area contributed by atoms with Crippen LogP contribution in [-0.4, -0.2) is 22.9 Å². The highest BCUT2D eigenvalue weighted by atomic mass is 16.1. The summed E-state index contributed by atoms with van der Waals surface area (Å²) in [6.07, 6.45) is 3.20. The summed E-state index contributed by atoms with van der Waals surface area (Å²) in [6.45, 7) is 1.87. The fourth-order valence-corrected chi connectivity index (χ4v) is 1.50. The molecule has 0 aliphatic rings. The van der Waals surface area contributed by atoms with E-state index in [1.807, 2.05) is 13.0 Å². The third-order valence-corrected chi connectivity index (χ3v) is 2.44. The van der Waals surface area contributed by atoms with Gasteiger partial charge in [0.2, 0.25) is 0 Å². The molecular weight excluding hydrogens is 228 g/mol. The first-order chi connectivity index (χ1) is 8.69. The van der Waals surface area contributed by atoms with E-state index < -0.39 is 0 Å². The van der Waals surface area contributed by atoms with E-state index in [2.05, 4.69) is 20.6 Å². The fourth-order valence-electron chi connectivity index (χ4n) is 1.50. The lowest BCUT2D eigenvalue weighted by atomic mass is 10.2. The second kappa shape index (κ2) is 5.27. The zero-order valence-electron chi connectivity index (χ0n) is 10.3. The largest absolute Gasteiger partial charge is 0.373 e. The summed E-state index contributed by atoms with van der Waals surface area (Å²) in [4.78, 5) is 20.1. The van der Waals surface area contributed by atoms with Crippen molar-refractivity contribution < 1.29 is 4.79 Å². The molecule has 2 N–H and O–H groups in total. The number of pyridine rings is 2. The topological polar surface area (TPSA) is 66.9 Å². The summed E-state index contributed by atoms with van der Waals surface area (Å²) in [7, 11) is 1.78. The highest BCUT2D eigenvalue weighted by Crippen LogP contribution is 2.10. The van der Waals surface area contributed by atoms with Crippen LogP contribution < -0.4 is 10.6 Å². The van der Waals surface area contributed by atoms with Crippen molar-refractivity contribution in [2.75, 3.05) is 17.7 Å². The summed E-state index contributed by atoms with van der Waals surface area (Å²) in [5, 5.41) is 5.70. The van der Waals surface area contributed by atoms with Crippen molar-refractivity contribution in [3.63, 3.8) is 0 Å². The van der Waals surface area contributed by atoms with Gasteiger partial charge in [-0.05, 0) is 31.2 Å². The standard InChI is InChI=1S/C13H14N4O/c1-9-7-11(5-6-15-9)17-13(18)10-3-4-12(14-2)16-8-10/h3-8H,1-2H3,(H,14,16)(H,15,17,18). The van der Waals surface area contributed by atoms with Crippen LogP contribution in [0.15, 0.2) is 36.7 Å². The second-order valence-electron chi connectivity index (χ2n) is 3.82. The molecule has 92 valence electrons. The maximum Gasteiger partial charge on any atom is 0.257 e. The molecule has 5 nitrogen and oxygen atoms in total. The molecule has 2 aromatic rings. The van der Waals surface area contributed by atoms with E-state index >= 15 is 0 Å². The molecule has 1 amide bonds. The Morgan fingerprint density at radius 1 is 1.22 bits per heavy atom. The molecule has 0 aromatic carbocycles. The fraction of sp³-hybridized carbons (Fsp3) is 0.154. The number of carbonyl (C=O) groups excluding carboxylic acids is 1. The molecule has 0 fully saturated rings. The minimum absolute atomic E-state index is 0.184. The van der Waals surface area contributed by atoms with Gasteiger partial charge in [0.1, 0.15) is 5.82 Å². The molecule has 2 heterocycles. The normalized spacial score (nSPS) is 9.89. The highest BCUT2D eigenvalue weighted by molar-refractivity contribution is 6.04. The third-order valence-electron chi connectivity index (χ3n) is 2.44. The molecule has 0 spiro atoms. The van der Waals surface area contributed by atoms with Gasteiger partial charge in [-0.15, -0.1) is 0 Å². The molecule has 0 aliphatic heterocycles. The van der Waals surface area contributed by atoms with Crippen LogP contribution >= 0.6 is 0 Å². The number of aryl methyl sites for hydroxylation is 1. The smallest absolute Gasteiger partial charge is 0.257 e. The van der Waals surface area contributed by atoms with Gasteiger partial charge in [-0.25, -0.2) is 4.98 Å². The maximum absolute atomic E-state index is 11.9. The Morgan fingerprint density at radius 3 is 2.67 bits per heavy atom. The van der Waals surface area contributed by atoms with Crippen molar-refractivity contribution in [2.45, 2.75) is 6.92 Å². The van der Waals surface area contributed by atoms with Gasteiger partial charge in [-0.2, -0.15) is 0 Å². The van der Waals surface area contributed by atoms with Crippen molar-refractivity contribution in [3.8, 4) is 0 Å². The molecule has 0 atom stereocenters. The predicted octanol–water partition coefficient (Wildman–Crippen LogP) is 2.08.